The summed E-state index contributed by atoms with van der Waals surface area (Å²) in [6.45, 7) is 1.74. The molecule has 0 saturated carbocycles. The van der Waals surface area contributed by atoms with Crippen LogP contribution in [0.2, 0.25) is 0 Å². The van der Waals surface area contributed by atoms with Gasteiger partial charge in [-0.1, -0.05) is 11.2 Å². The SMILES string of the molecule is Cc1nc(-c2ccc(-n3ccccc3=O)cc2)no1. The quantitative estimate of drug-likeness (QED) is 0.702. The maximum atomic E-state index is 11.7. The van der Waals surface area contributed by atoms with Crippen molar-refractivity contribution in [2.24, 2.45) is 0 Å². The molecule has 0 amide bonds. The minimum Gasteiger partial charge on any atom is -0.339 e. The molecule has 0 aliphatic carbocycles. The second-order valence-corrected chi connectivity index (χ2v) is 4.09. The van der Waals surface area contributed by atoms with Crippen LogP contribution in [0.5, 0.6) is 0 Å². The van der Waals surface area contributed by atoms with Gasteiger partial charge in [-0.2, -0.15) is 4.98 Å². The fourth-order valence-electron chi connectivity index (χ4n) is 1.83. The van der Waals surface area contributed by atoms with E-state index in [0.717, 1.165) is 11.3 Å². The first-order valence-corrected chi connectivity index (χ1v) is 5.83. The number of aryl methyl sites for hydroxylation is 1. The topological polar surface area (TPSA) is 60.9 Å². The molecule has 3 aromatic rings. The Kier molecular flexibility index (Phi) is 2.72. The molecule has 94 valence electrons. The van der Waals surface area contributed by atoms with Crippen molar-refractivity contribution in [2.75, 3.05) is 0 Å². The van der Waals surface area contributed by atoms with Gasteiger partial charge in [-0.3, -0.25) is 9.36 Å². The predicted molar refractivity (Wildman–Crippen MR) is 70.1 cm³/mol. The van der Waals surface area contributed by atoms with E-state index in [1.54, 1.807) is 23.8 Å². The van der Waals surface area contributed by atoms with Crippen LogP contribution in [-0.4, -0.2) is 14.7 Å². The molecule has 19 heavy (non-hydrogen) atoms. The average molecular weight is 253 g/mol. The van der Waals surface area contributed by atoms with Gasteiger partial charge in [-0.05, 0) is 30.3 Å². The number of hydrogen-bond acceptors (Lipinski definition) is 4. The molecule has 0 saturated heterocycles. The third-order valence-corrected chi connectivity index (χ3v) is 2.75. The van der Waals surface area contributed by atoms with E-state index in [1.165, 1.54) is 6.07 Å². The molecule has 0 aliphatic rings. The highest BCUT2D eigenvalue weighted by Gasteiger charge is 2.06. The number of benzene rings is 1. The maximum absolute atomic E-state index is 11.7. The minimum absolute atomic E-state index is 0.0642. The fraction of sp³-hybridized carbons (Fsp3) is 0.0714. The summed E-state index contributed by atoms with van der Waals surface area (Å²) in [7, 11) is 0. The Morgan fingerprint density at radius 2 is 1.89 bits per heavy atom. The van der Waals surface area contributed by atoms with Crippen molar-refractivity contribution in [1.29, 1.82) is 0 Å². The molecule has 2 aromatic heterocycles. The van der Waals surface area contributed by atoms with Crippen LogP contribution in [-0.2, 0) is 0 Å². The van der Waals surface area contributed by atoms with Gasteiger partial charge in [0.05, 0.1) is 0 Å². The Morgan fingerprint density at radius 1 is 1.11 bits per heavy atom. The fourth-order valence-corrected chi connectivity index (χ4v) is 1.83. The lowest BCUT2D eigenvalue weighted by atomic mass is 10.2. The van der Waals surface area contributed by atoms with Crippen molar-refractivity contribution in [3.05, 3.63) is 64.9 Å². The molecule has 1 aromatic carbocycles. The first kappa shape index (κ1) is 11.4. The van der Waals surface area contributed by atoms with Crippen LogP contribution in [0, 0.1) is 6.92 Å². The summed E-state index contributed by atoms with van der Waals surface area (Å²) in [4.78, 5) is 15.9. The molecule has 5 nitrogen and oxygen atoms in total. The largest absolute Gasteiger partial charge is 0.339 e. The molecule has 0 spiro atoms. The summed E-state index contributed by atoms with van der Waals surface area (Å²) >= 11 is 0. The minimum atomic E-state index is -0.0642. The average Bonchev–Trinajstić information content (AvgIpc) is 2.86. The van der Waals surface area contributed by atoms with Crippen LogP contribution in [0.1, 0.15) is 5.89 Å². The Balaban J connectivity index is 2.00. The van der Waals surface area contributed by atoms with E-state index in [-0.39, 0.29) is 5.56 Å². The Hall–Kier alpha value is -2.69. The Morgan fingerprint density at radius 3 is 2.53 bits per heavy atom. The van der Waals surface area contributed by atoms with Crippen LogP contribution < -0.4 is 5.56 Å². The van der Waals surface area contributed by atoms with E-state index >= 15 is 0 Å². The van der Waals surface area contributed by atoms with Crippen LogP contribution >= 0.6 is 0 Å². The van der Waals surface area contributed by atoms with E-state index in [1.807, 2.05) is 30.3 Å². The molecule has 0 fully saturated rings. The van der Waals surface area contributed by atoms with E-state index in [9.17, 15) is 4.79 Å². The first-order chi connectivity index (χ1) is 9.24. The van der Waals surface area contributed by atoms with Crippen LogP contribution in [0.4, 0.5) is 0 Å². The highest BCUT2D eigenvalue weighted by Crippen LogP contribution is 2.17. The van der Waals surface area contributed by atoms with Gasteiger partial charge in [0, 0.05) is 30.4 Å². The number of hydrogen-bond donors (Lipinski definition) is 0. The predicted octanol–water partition coefficient (Wildman–Crippen LogP) is 2.20. The number of rotatable bonds is 2. The summed E-state index contributed by atoms with van der Waals surface area (Å²) in [5.74, 6) is 1.07. The van der Waals surface area contributed by atoms with Crippen molar-refractivity contribution in [3.8, 4) is 17.1 Å². The summed E-state index contributed by atoms with van der Waals surface area (Å²) < 4.78 is 6.51. The standard InChI is InChI=1S/C14H11N3O2/c1-10-15-14(16-19-10)11-5-7-12(8-6-11)17-9-3-2-4-13(17)18/h2-9H,1H3. The lowest BCUT2D eigenvalue weighted by Crippen LogP contribution is -2.15. The van der Waals surface area contributed by atoms with Gasteiger partial charge >= 0.3 is 0 Å². The normalized spacial score (nSPS) is 10.6. The number of aromatic nitrogens is 3. The van der Waals surface area contributed by atoms with Gasteiger partial charge in [-0.25, -0.2) is 0 Å². The summed E-state index contributed by atoms with van der Waals surface area (Å²) in [5, 5.41) is 3.85. The zero-order chi connectivity index (χ0) is 13.2. The van der Waals surface area contributed by atoms with E-state index in [0.29, 0.717) is 11.7 Å². The van der Waals surface area contributed by atoms with E-state index in [4.69, 9.17) is 4.52 Å². The molecule has 0 radical (unpaired) electrons. The van der Waals surface area contributed by atoms with Crippen molar-refractivity contribution in [2.45, 2.75) is 6.92 Å². The van der Waals surface area contributed by atoms with Crippen LogP contribution in [0.25, 0.3) is 17.1 Å². The molecule has 2 heterocycles. The highest BCUT2D eigenvalue weighted by molar-refractivity contribution is 5.56. The highest BCUT2D eigenvalue weighted by atomic mass is 16.5. The molecule has 0 bridgehead atoms. The van der Waals surface area contributed by atoms with Gasteiger partial charge in [0.15, 0.2) is 0 Å². The molecule has 0 aliphatic heterocycles. The molecule has 5 heteroatoms. The monoisotopic (exact) mass is 253 g/mol. The van der Waals surface area contributed by atoms with Crippen molar-refractivity contribution >= 4 is 0 Å². The van der Waals surface area contributed by atoms with E-state index in [2.05, 4.69) is 10.1 Å². The van der Waals surface area contributed by atoms with Crippen LogP contribution in [0.15, 0.2) is 58.0 Å². The molecule has 0 N–H and O–H groups in total. The Labute approximate surface area is 109 Å². The number of pyridine rings is 1. The summed E-state index contributed by atoms with van der Waals surface area (Å²) in [5.41, 5.74) is 1.59. The zero-order valence-corrected chi connectivity index (χ0v) is 10.3. The third-order valence-electron chi connectivity index (χ3n) is 2.75. The summed E-state index contributed by atoms with van der Waals surface area (Å²) in [6, 6.07) is 12.5. The second kappa shape index (κ2) is 4.53. The van der Waals surface area contributed by atoms with Crippen molar-refractivity contribution in [1.82, 2.24) is 14.7 Å². The first-order valence-electron chi connectivity index (χ1n) is 5.83. The lowest BCUT2D eigenvalue weighted by molar-refractivity contribution is 0.394. The van der Waals surface area contributed by atoms with Gasteiger partial charge in [0.2, 0.25) is 11.7 Å². The van der Waals surface area contributed by atoms with Crippen molar-refractivity contribution in [3.63, 3.8) is 0 Å². The number of nitrogens with zero attached hydrogens (tertiary/aromatic N) is 3. The molecular formula is C14H11N3O2. The summed E-state index contributed by atoms with van der Waals surface area (Å²) in [6.07, 6.45) is 1.73. The zero-order valence-electron chi connectivity index (χ0n) is 10.3. The maximum Gasteiger partial charge on any atom is 0.255 e. The third kappa shape index (κ3) is 2.18. The van der Waals surface area contributed by atoms with E-state index < -0.39 is 0 Å². The van der Waals surface area contributed by atoms with Gasteiger partial charge < -0.3 is 4.52 Å². The van der Waals surface area contributed by atoms with Crippen molar-refractivity contribution < 1.29 is 4.52 Å². The van der Waals surface area contributed by atoms with Gasteiger partial charge in [0.1, 0.15) is 0 Å². The smallest absolute Gasteiger partial charge is 0.255 e. The molecule has 0 atom stereocenters. The van der Waals surface area contributed by atoms with Gasteiger partial charge in [-0.15, -0.1) is 0 Å². The molecule has 0 unspecified atom stereocenters. The van der Waals surface area contributed by atoms with Gasteiger partial charge in [0.25, 0.3) is 5.56 Å². The van der Waals surface area contributed by atoms with Crippen LogP contribution in [0.3, 0.4) is 0 Å². The lowest BCUT2D eigenvalue weighted by Gasteiger charge is -2.04. The molecular weight excluding hydrogens is 242 g/mol. The molecule has 3 rings (SSSR count). The Bertz CT molecular complexity index is 757. The second-order valence-electron chi connectivity index (χ2n) is 4.09.